The summed E-state index contributed by atoms with van der Waals surface area (Å²) in [6, 6.07) is 13.4. The first-order chi connectivity index (χ1) is 14.6. The molecule has 7 heteroatoms. The second-order valence-electron chi connectivity index (χ2n) is 7.32. The normalized spacial score (nSPS) is 14.3. The van der Waals surface area contributed by atoms with Crippen LogP contribution in [0, 0.1) is 6.92 Å². The van der Waals surface area contributed by atoms with E-state index in [4.69, 9.17) is 14.2 Å². The Morgan fingerprint density at radius 2 is 1.87 bits per heavy atom. The van der Waals surface area contributed by atoms with Gasteiger partial charge in [0.05, 0.1) is 20.3 Å². The molecular formula is C23H31N3O4. The number of aryl methyl sites for hydroxylation is 1. The third-order valence-electron chi connectivity index (χ3n) is 4.96. The van der Waals surface area contributed by atoms with E-state index < -0.39 is 0 Å². The van der Waals surface area contributed by atoms with Gasteiger partial charge in [0.25, 0.3) is 5.91 Å². The predicted molar refractivity (Wildman–Crippen MR) is 117 cm³/mol. The van der Waals surface area contributed by atoms with E-state index in [9.17, 15) is 4.79 Å². The van der Waals surface area contributed by atoms with E-state index in [1.165, 1.54) is 0 Å². The number of carbonyl (C=O) groups excluding carboxylic acids is 1. The highest BCUT2D eigenvalue weighted by Crippen LogP contribution is 2.28. The monoisotopic (exact) mass is 413 g/mol. The molecule has 7 nitrogen and oxygen atoms in total. The molecule has 0 spiro atoms. The molecule has 0 unspecified atom stereocenters. The first kappa shape index (κ1) is 22.1. The number of benzene rings is 2. The van der Waals surface area contributed by atoms with Crippen LogP contribution in [-0.2, 0) is 16.1 Å². The molecule has 1 fully saturated rings. The van der Waals surface area contributed by atoms with Crippen molar-refractivity contribution < 1.29 is 19.0 Å². The molecule has 2 aromatic rings. The number of hydrogen-bond donors (Lipinski definition) is 2. The Kier molecular flexibility index (Phi) is 8.50. The minimum atomic E-state index is -0.213. The summed E-state index contributed by atoms with van der Waals surface area (Å²) in [5.74, 6) is 0.953. The summed E-state index contributed by atoms with van der Waals surface area (Å²) in [6.07, 6.45) is 0. The number of nitrogens with zero attached hydrogens (tertiary/aromatic N) is 1. The predicted octanol–water partition coefficient (Wildman–Crippen LogP) is 2.44. The minimum Gasteiger partial charge on any atom is -0.493 e. The maximum absolute atomic E-state index is 12.1. The lowest BCUT2D eigenvalue weighted by atomic mass is 10.2. The van der Waals surface area contributed by atoms with Gasteiger partial charge in [-0.1, -0.05) is 23.8 Å². The number of carbonyl (C=O) groups is 1. The molecule has 2 aromatic carbocycles. The lowest BCUT2D eigenvalue weighted by Crippen LogP contribution is -2.40. The number of methoxy groups -OCH3 is 1. The van der Waals surface area contributed by atoms with Crippen molar-refractivity contribution in [3.8, 4) is 11.5 Å². The van der Waals surface area contributed by atoms with E-state index in [0.717, 1.165) is 62.8 Å². The van der Waals surface area contributed by atoms with E-state index in [-0.39, 0.29) is 12.5 Å². The number of ether oxygens (including phenoxy) is 3. The van der Waals surface area contributed by atoms with Crippen LogP contribution < -0.4 is 20.1 Å². The van der Waals surface area contributed by atoms with Crippen LogP contribution in [0.15, 0.2) is 42.5 Å². The molecule has 2 N–H and O–H groups in total. The molecule has 1 saturated heterocycles. The highest BCUT2D eigenvalue weighted by atomic mass is 16.5. The molecule has 0 atom stereocenters. The molecule has 0 aliphatic carbocycles. The van der Waals surface area contributed by atoms with Gasteiger partial charge in [-0.25, -0.2) is 0 Å². The molecule has 162 valence electrons. The van der Waals surface area contributed by atoms with Gasteiger partial charge in [0.1, 0.15) is 0 Å². The zero-order chi connectivity index (χ0) is 21.2. The fourth-order valence-electron chi connectivity index (χ4n) is 3.21. The molecule has 3 rings (SSSR count). The van der Waals surface area contributed by atoms with Gasteiger partial charge in [-0.05, 0) is 36.8 Å². The van der Waals surface area contributed by atoms with Crippen LogP contribution >= 0.6 is 0 Å². The van der Waals surface area contributed by atoms with Crippen LogP contribution in [0.2, 0.25) is 0 Å². The van der Waals surface area contributed by atoms with Crippen LogP contribution in [0.5, 0.6) is 11.5 Å². The van der Waals surface area contributed by atoms with Crippen molar-refractivity contribution in [3.05, 3.63) is 53.6 Å². The summed E-state index contributed by atoms with van der Waals surface area (Å²) in [5, 5.41) is 6.28. The van der Waals surface area contributed by atoms with Crippen molar-refractivity contribution >= 4 is 11.6 Å². The van der Waals surface area contributed by atoms with Crippen molar-refractivity contribution in [2.45, 2.75) is 13.5 Å². The van der Waals surface area contributed by atoms with Crippen molar-refractivity contribution in [2.24, 2.45) is 0 Å². The quantitative estimate of drug-likeness (QED) is 0.583. The maximum atomic E-state index is 12.1. The Hall–Kier alpha value is -2.61. The Morgan fingerprint density at radius 1 is 1.10 bits per heavy atom. The topological polar surface area (TPSA) is 72.1 Å². The first-order valence-electron chi connectivity index (χ1n) is 10.3. The van der Waals surface area contributed by atoms with Crippen LogP contribution in [0.4, 0.5) is 5.69 Å². The lowest BCUT2D eigenvalue weighted by Gasteiger charge is -2.26. The summed E-state index contributed by atoms with van der Waals surface area (Å²) in [6.45, 7) is 8.24. The number of morpholine rings is 1. The van der Waals surface area contributed by atoms with Crippen molar-refractivity contribution in [1.82, 2.24) is 10.2 Å². The summed E-state index contributed by atoms with van der Waals surface area (Å²) in [4.78, 5) is 14.5. The van der Waals surface area contributed by atoms with Gasteiger partial charge in [0, 0.05) is 38.4 Å². The Bertz CT molecular complexity index is 805. The zero-order valence-electron chi connectivity index (χ0n) is 17.8. The summed E-state index contributed by atoms with van der Waals surface area (Å²) in [5.41, 5.74) is 3.00. The lowest BCUT2D eigenvalue weighted by molar-refractivity contribution is -0.118. The average Bonchev–Trinajstić information content (AvgIpc) is 2.78. The largest absolute Gasteiger partial charge is 0.493 e. The van der Waals surface area contributed by atoms with Crippen LogP contribution in [0.3, 0.4) is 0 Å². The van der Waals surface area contributed by atoms with E-state index in [1.807, 2.05) is 49.4 Å². The second-order valence-corrected chi connectivity index (χ2v) is 7.32. The Labute approximate surface area is 178 Å². The third-order valence-corrected chi connectivity index (χ3v) is 4.96. The number of rotatable bonds is 10. The van der Waals surface area contributed by atoms with Crippen molar-refractivity contribution in [2.75, 3.05) is 58.4 Å². The molecular weight excluding hydrogens is 382 g/mol. The smallest absolute Gasteiger partial charge is 0.262 e. The Morgan fingerprint density at radius 3 is 2.60 bits per heavy atom. The van der Waals surface area contributed by atoms with Gasteiger partial charge in [-0.3, -0.25) is 9.69 Å². The van der Waals surface area contributed by atoms with Gasteiger partial charge < -0.3 is 24.8 Å². The molecule has 1 amide bonds. The van der Waals surface area contributed by atoms with Crippen molar-refractivity contribution in [1.29, 1.82) is 0 Å². The Balaban J connectivity index is 1.43. The molecule has 30 heavy (non-hydrogen) atoms. The summed E-state index contributed by atoms with van der Waals surface area (Å²) >= 11 is 0. The van der Waals surface area contributed by atoms with Crippen LogP contribution in [-0.4, -0.2) is 63.9 Å². The van der Waals surface area contributed by atoms with Gasteiger partial charge in [0.15, 0.2) is 18.1 Å². The molecule has 0 saturated carbocycles. The highest BCUT2D eigenvalue weighted by Gasteiger charge is 2.11. The first-order valence-corrected chi connectivity index (χ1v) is 10.3. The average molecular weight is 414 g/mol. The third kappa shape index (κ3) is 7.02. The van der Waals surface area contributed by atoms with E-state index in [1.54, 1.807) is 7.11 Å². The molecule has 0 bridgehead atoms. The number of amides is 1. The summed E-state index contributed by atoms with van der Waals surface area (Å²) < 4.78 is 16.5. The molecule has 0 aromatic heterocycles. The standard InChI is InChI=1S/C23H31N3O4/c1-18-3-6-20(7-4-18)25-23(27)17-30-21-8-5-19(15-22(21)28-2)16-24-9-10-26-11-13-29-14-12-26/h3-8,15,24H,9-14,16-17H2,1-2H3,(H,25,27). The van der Waals surface area contributed by atoms with Crippen molar-refractivity contribution in [3.63, 3.8) is 0 Å². The van der Waals surface area contributed by atoms with Crippen LogP contribution in [0.25, 0.3) is 0 Å². The molecule has 0 radical (unpaired) electrons. The SMILES string of the molecule is COc1cc(CNCCN2CCOCC2)ccc1OCC(=O)Nc1ccc(C)cc1. The molecule has 1 aliphatic heterocycles. The number of hydrogen-bond acceptors (Lipinski definition) is 6. The van der Waals surface area contributed by atoms with E-state index in [2.05, 4.69) is 15.5 Å². The van der Waals surface area contributed by atoms with Gasteiger partial charge in [0.2, 0.25) is 0 Å². The van der Waals surface area contributed by atoms with E-state index >= 15 is 0 Å². The fourth-order valence-corrected chi connectivity index (χ4v) is 3.21. The fraction of sp³-hybridized carbons (Fsp3) is 0.435. The van der Waals surface area contributed by atoms with Gasteiger partial charge >= 0.3 is 0 Å². The number of nitrogens with one attached hydrogen (secondary N) is 2. The molecule has 1 aliphatic rings. The minimum absolute atomic E-state index is 0.0820. The summed E-state index contributed by atoms with van der Waals surface area (Å²) in [7, 11) is 1.60. The van der Waals surface area contributed by atoms with Gasteiger partial charge in [-0.15, -0.1) is 0 Å². The van der Waals surface area contributed by atoms with Gasteiger partial charge in [-0.2, -0.15) is 0 Å². The highest BCUT2D eigenvalue weighted by molar-refractivity contribution is 5.91. The second kappa shape index (κ2) is 11.5. The van der Waals surface area contributed by atoms with Crippen LogP contribution in [0.1, 0.15) is 11.1 Å². The van der Waals surface area contributed by atoms with E-state index in [0.29, 0.717) is 11.5 Å². The number of anilines is 1. The maximum Gasteiger partial charge on any atom is 0.262 e. The molecule has 1 heterocycles. The zero-order valence-corrected chi connectivity index (χ0v) is 17.8.